The molecule has 4 rings (SSSR count). The molecular formula is C16H8ClNO2Se. The second-order valence-corrected chi connectivity index (χ2v) is 7.37. The maximum absolute atomic E-state index is 12.2. The molecule has 1 aliphatic heterocycles. The molecule has 3 nitrogen and oxygen atoms in total. The Kier molecular flexibility index (Phi) is 2.79. The molecule has 0 radical (unpaired) electrons. The van der Waals surface area contributed by atoms with Crippen molar-refractivity contribution < 1.29 is 9.90 Å². The number of fused-ring (bicyclic) bond motifs is 2. The number of rotatable bonds is 1. The number of benzene rings is 2. The van der Waals surface area contributed by atoms with Gasteiger partial charge in [-0.3, -0.25) is 0 Å². The topological polar surface area (TPSA) is 49.7 Å². The van der Waals surface area contributed by atoms with Crippen molar-refractivity contribution >= 4 is 47.2 Å². The fraction of sp³-hybridized carbons (Fsp3) is 0. The van der Waals surface area contributed by atoms with Crippen LogP contribution in [0.4, 0.5) is 0 Å². The quantitative estimate of drug-likeness (QED) is 0.670. The van der Waals surface area contributed by atoms with Gasteiger partial charge in [0.25, 0.3) is 0 Å². The number of halogens is 1. The van der Waals surface area contributed by atoms with Crippen molar-refractivity contribution in [3.8, 4) is 5.75 Å². The maximum atomic E-state index is 12.2. The Morgan fingerprint density at radius 3 is 2.76 bits per heavy atom. The summed E-state index contributed by atoms with van der Waals surface area (Å²) in [7, 11) is 0. The van der Waals surface area contributed by atoms with E-state index in [0.29, 0.717) is 25.6 Å². The van der Waals surface area contributed by atoms with Crippen LogP contribution in [0.2, 0.25) is 5.02 Å². The van der Waals surface area contributed by atoms with Crippen LogP contribution in [0.1, 0.15) is 4.44 Å². The van der Waals surface area contributed by atoms with E-state index >= 15 is 0 Å². The zero-order chi connectivity index (χ0) is 14.6. The number of amides is 1. The minimum absolute atomic E-state index is 0.106. The predicted octanol–water partition coefficient (Wildman–Crippen LogP) is 1.61. The zero-order valence-electron chi connectivity index (χ0n) is 10.6. The summed E-state index contributed by atoms with van der Waals surface area (Å²) in [6, 6.07) is 12.8. The Labute approximate surface area is 130 Å². The van der Waals surface area contributed by atoms with E-state index in [-0.39, 0.29) is 26.2 Å². The number of carbonyl (C=O) groups excluding carboxylic acids is 1. The number of nitrogens with zero attached hydrogens (tertiary/aromatic N) is 1. The van der Waals surface area contributed by atoms with E-state index in [0.717, 1.165) is 9.65 Å². The molecule has 0 saturated carbocycles. The van der Waals surface area contributed by atoms with Gasteiger partial charge < -0.3 is 0 Å². The van der Waals surface area contributed by atoms with E-state index in [1.165, 1.54) is 0 Å². The summed E-state index contributed by atoms with van der Waals surface area (Å²) in [5.74, 6) is -0.111. The molecule has 102 valence electrons. The van der Waals surface area contributed by atoms with E-state index in [1.54, 1.807) is 18.2 Å². The third-order valence-corrected chi connectivity index (χ3v) is 6.17. The van der Waals surface area contributed by atoms with Gasteiger partial charge in [-0.15, -0.1) is 0 Å². The van der Waals surface area contributed by atoms with Crippen LogP contribution in [0.3, 0.4) is 0 Å². The molecule has 1 aromatic heterocycles. The van der Waals surface area contributed by atoms with Gasteiger partial charge in [0.15, 0.2) is 0 Å². The molecule has 2 heterocycles. The molecule has 0 atom stereocenters. The summed E-state index contributed by atoms with van der Waals surface area (Å²) >= 11 is 5.92. The van der Waals surface area contributed by atoms with E-state index in [1.807, 2.05) is 24.3 Å². The molecule has 1 N–H and O–H groups in total. The summed E-state index contributed by atoms with van der Waals surface area (Å²) < 4.78 is 1.77. The summed E-state index contributed by atoms with van der Waals surface area (Å²) in [5.41, 5.74) is 0.487. The van der Waals surface area contributed by atoms with Gasteiger partial charge >= 0.3 is 130 Å². The average molecular weight is 361 g/mol. The molecule has 5 heteroatoms. The molecule has 2 aromatic carbocycles. The van der Waals surface area contributed by atoms with Crippen molar-refractivity contribution in [3.05, 3.63) is 62.5 Å². The summed E-state index contributed by atoms with van der Waals surface area (Å²) in [6.07, 6.45) is 0. The molecular weight excluding hydrogens is 353 g/mol. The second-order valence-electron chi connectivity index (χ2n) is 4.73. The minimum atomic E-state index is -0.302. The first-order valence-electron chi connectivity index (χ1n) is 6.29. The van der Waals surface area contributed by atoms with Crippen molar-refractivity contribution in [2.45, 2.75) is 0 Å². The first kappa shape index (κ1) is 12.8. The van der Waals surface area contributed by atoms with Gasteiger partial charge in [0, 0.05) is 0 Å². The van der Waals surface area contributed by atoms with Gasteiger partial charge in [-0.2, -0.15) is 0 Å². The predicted molar refractivity (Wildman–Crippen MR) is 82.3 cm³/mol. The van der Waals surface area contributed by atoms with Crippen LogP contribution < -0.4 is 10.6 Å². The Balaban J connectivity index is 2.13. The Bertz CT molecular complexity index is 1040. The molecule has 0 aliphatic carbocycles. The third kappa shape index (κ3) is 1.88. The summed E-state index contributed by atoms with van der Waals surface area (Å²) in [5, 5.41) is 13.2. The Hall–Kier alpha value is -1.87. The van der Waals surface area contributed by atoms with Crippen LogP contribution in [-0.2, 0) is 4.79 Å². The fourth-order valence-corrected chi connectivity index (χ4v) is 5.09. The van der Waals surface area contributed by atoms with Gasteiger partial charge in [-0.05, 0) is 0 Å². The Morgan fingerprint density at radius 2 is 1.95 bits per heavy atom. The van der Waals surface area contributed by atoms with E-state index in [9.17, 15) is 9.90 Å². The number of aromatic hydroxyl groups is 1. The van der Waals surface area contributed by atoms with Crippen molar-refractivity contribution in [2.75, 3.05) is 0 Å². The number of hydrogen-bond acceptors (Lipinski definition) is 2. The van der Waals surface area contributed by atoms with Crippen molar-refractivity contribution in [3.63, 3.8) is 0 Å². The van der Waals surface area contributed by atoms with Crippen LogP contribution in [0.15, 0.2) is 47.5 Å². The van der Waals surface area contributed by atoms with Crippen LogP contribution >= 0.6 is 11.6 Å². The fourth-order valence-electron chi connectivity index (χ4n) is 2.51. The summed E-state index contributed by atoms with van der Waals surface area (Å²) in [6.45, 7) is 0. The normalized spacial score (nSPS) is 13.6. The zero-order valence-corrected chi connectivity index (χ0v) is 13.1. The van der Waals surface area contributed by atoms with Crippen molar-refractivity contribution in [2.24, 2.45) is 4.99 Å². The van der Waals surface area contributed by atoms with E-state index in [2.05, 4.69) is 4.99 Å². The Morgan fingerprint density at radius 1 is 1.14 bits per heavy atom. The van der Waals surface area contributed by atoms with Gasteiger partial charge in [-0.25, -0.2) is 0 Å². The molecule has 1 amide bonds. The van der Waals surface area contributed by atoms with Crippen LogP contribution in [0.5, 0.6) is 5.75 Å². The van der Waals surface area contributed by atoms with Crippen LogP contribution in [0, 0.1) is 0 Å². The first-order valence-corrected chi connectivity index (χ1v) is 8.38. The molecule has 0 fully saturated rings. The van der Waals surface area contributed by atoms with Crippen LogP contribution in [-0.4, -0.2) is 25.5 Å². The van der Waals surface area contributed by atoms with Gasteiger partial charge in [-0.1, -0.05) is 0 Å². The van der Waals surface area contributed by atoms with Gasteiger partial charge in [0.05, 0.1) is 0 Å². The van der Waals surface area contributed by atoms with Crippen molar-refractivity contribution in [1.29, 1.82) is 0 Å². The molecule has 0 unspecified atom stereocenters. The van der Waals surface area contributed by atoms with Crippen molar-refractivity contribution in [1.82, 2.24) is 0 Å². The molecule has 1 aliphatic rings. The van der Waals surface area contributed by atoms with E-state index < -0.39 is 0 Å². The molecule has 0 saturated heterocycles. The van der Waals surface area contributed by atoms with Crippen LogP contribution in [0.25, 0.3) is 15.2 Å². The molecule has 0 spiro atoms. The molecule has 3 aromatic rings. The van der Waals surface area contributed by atoms with E-state index in [4.69, 9.17) is 11.6 Å². The number of carbonyl (C=O) groups is 1. The first-order chi connectivity index (χ1) is 10.1. The SMILES string of the molecule is O=C1N=c2ccc(Cl)cc2=C1c1[se]c2ccccc2c1O. The molecule has 0 bridgehead atoms. The van der Waals surface area contributed by atoms with Gasteiger partial charge in [0.2, 0.25) is 0 Å². The second kappa shape index (κ2) is 4.57. The standard InChI is InChI=1S/C16H8ClNO2Se/c17-8-5-6-11-10(7-8)13(16(20)18-11)15-14(19)9-3-1-2-4-12(9)21-15/h1-7,19H. The summed E-state index contributed by atoms with van der Waals surface area (Å²) in [4.78, 5) is 16.3. The average Bonchev–Trinajstić information content (AvgIpc) is 2.96. The molecule has 21 heavy (non-hydrogen) atoms. The monoisotopic (exact) mass is 361 g/mol. The van der Waals surface area contributed by atoms with Gasteiger partial charge in [0.1, 0.15) is 0 Å². The number of hydrogen-bond donors (Lipinski definition) is 1. The third-order valence-electron chi connectivity index (χ3n) is 3.46.